The van der Waals surface area contributed by atoms with Crippen molar-refractivity contribution in [2.75, 3.05) is 11.9 Å². The molecule has 3 aromatic rings. The highest BCUT2D eigenvalue weighted by molar-refractivity contribution is 7.89. The number of sulfonamides is 1. The van der Waals surface area contributed by atoms with Crippen LogP contribution in [-0.2, 0) is 16.6 Å². The van der Waals surface area contributed by atoms with Crippen molar-refractivity contribution in [1.29, 1.82) is 0 Å². The Morgan fingerprint density at radius 2 is 1.61 bits per heavy atom. The molecule has 9 nitrogen and oxygen atoms in total. The number of aliphatic hydroxyl groups excluding tert-OH is 1. The summed E-state index contributed by atoms with van der Waals surface area (Å²) in [6, 6.07) is 16.5. The summed E-state index contributed by atoms with van der Waals surface area (Å²) in [5, 5.41) is 22.0. The van der Waals surface area contributed by atoms with Crippen LogP contribution in [0.25, 0.3) is 0 Å². The summed E-state index contributed by atoms with van der Waals surface area (Å²) < 4.78 is 22.7. The Bertz CT molecular complexity index is 1400. The van der Waals surface area contributed by atoms with Crippen LogP contribution in [0.1, 0.15) is 41.4 Å². The molecule has 202 valence electrons. The van der Waals surface area contributed by atoms with Gasteiger partial charge in [-0.2, -0.15) is 0 Å². The summed E-state index contributed by atoms with van der Waals surface area (Å²) in [4.78, 5) is 26.7. The summed E-state index contributed by atoms with van der Waals surface area (Å²) in [6.45, 7) is 3.95. The number of urea groups is 1. The van der Waals surface area contributed by atoms with E-state index in [1.807, 2.05) is 13.8 Å². The zero-order chi connectivity index (χ0) is 28.0. The first-order valence-electron chi connectivity index (χ1n) is 11.6. The van der Waals surface area contributed by atoms with Crippen molar-refractivity contribution in [3.05, 3.63) is 93.5 Å². The fourth-order valence-corrected chi connectivity index (χ4v) is 4.34. The van der Waals surface area contributed by atoms with Gasteiger partial charge >= 0.3 is 6.03 Å². The number of amides is 3. The van der Waals surface area contributed by atoms with E-state index in [0.29, 0.717) is 21.3 Å². The van der Waals surface area contributed by atoms with E-state index in [1.165, 1.54) is 29.2 Å². The molecule has 3 rings (SSSR count). The Hall–Kier alpha value is -3.15. The molecule has 0 heterocycles. The second-order valence-corrected chi connectivity index (χ2v) is 11.2. The van der Waals surface area contributed by atoms with E-state index in [2.05, 4.69) is 10.6 Å². The van der Waals surface area contributed by atoms with Gasteiger partial charge in [-0.25, -0.2) is 18.4 Å². The minimum Gasteiger partial charge on any atom is -0.387 e. The van der Waals surface area contributed by atoms with Gasteiger partial charge in [-0.3, -0.25) is 4.79 Å². The van der Waals surface area contributed by atoms with E-state index in [0.717, 1.165) is 5.56 Å². The van der Waals surface area contributed by atoms with Crippen molar-refractivity contribution in [1.82, 2.24) is 10.2 Å². The molecule has 12 heteroatoms. The maximum atomic E-state index is 12.9. The van der Waals surface area contributed by atoms with E-state index in [4.69, 9.17) is 28.3 Å². The van der Waals surface area contributed by atoms with E-state index < -0.39 is 16.1 Å². The minimum atomic E-state index is -3.83. The highest BCUT2D eigenvalue weighted by Gasteiger charge is 2.22. The predicted molar refractivity (Wildman–Crippen MR) is 148 cm³/mol. The van der Waals surface area contributed by atoms with Crippen molar-refractivity contribution in [2.45, 2.75) is 37.4 Å². The molecular formula is C26H28Cl2N4O5S. The van der Waals surface area contributed by atoms with Crippen LogP contribution in [0.15, 0.2) is 71.6 Å². The summed E-state index contributed by atoms with van der Waals surface area (Å²) in [7, 11) is -3.83. The molecule has 0 aliphatic carbocycles. The van der Waals surface area contributed by atoms with E-state index in [9.17, 15) is 23.1 Å². The first-order valence-corrected chi connectivity index (χ1v) is 13.9. The summed E-state index contributed by atoms with van der Waals surface area (Å²) in [6.07, 6.45) is -0.959. The van der Waals surface area contributed by atoms with Crippen LogP contribution in [0.2, 0.25) is 10.0 Å². The van der Waals surface area contributed by atoms with Gasteiger partial charge in [-0.15, -0.1) is 0 Å². The maximum Gasteiger partial charge on any atom is 0.322 e. The second-order valence-electron chi connectivity index (χ2n) is 8.81. The van der Waals surface area contributed by atoms with Crippen molar-refractivity contribution >= 4 is 50.9 Å². The standard InChI is InChI=1S/C26H28Cl2N4O5S/c1-16(2)32(15-24(33)19-7-12-22(27)23(28)13-19)26(35)31-20-8-3-17(4-9-20)14-30-25(34)18-5-10-21(11-6-18)38(29,36)37/h3-13,16,24,33H,14-15H2,1-2H3,(H,30,34)(H,31,35)(H2,29,36,37)/t24-/m1/s1. The number of halogens is 2. The van der Waals surface area contributed by atoms with Gasteiger partial charge in [0.05, 0.1) is 27.6 Å². The Kier molecular flexibility index (Phi) is 9.75. The Labute approximate surface area is 231 Å². The number of rotatable bonds is 9. The fraction of sp³-hybridized carbons (Fsp3) is 0.231. The van der Waals surface area contributed by atoms with Crippen molar-refractivity contribution < 1.29 is 23.1 Å². The van der Waals surface area contributed by atoms with Gasteiger partial charge in [-0.05, 0) is 73.5 Å². The number of nitrogens with one attached hydrogen (secondary N) is 2. The molecule has 0 saturated heterocycles. The number of anilines is 1. The lowest BCUT2D eigenvalue weighted by atomic mass is 10.1. The largest absolute Gasteiger partial charge is 0.387 e. The lowest BCUT2D eigenvalue weighted by Gasteiger charge is -2.29. The molecule has 0 saturated carbocycles. The van der Waals surface area contributed by atoms with Gasteiger partial charge in [-0.1, -0.05) is 41.4 Å². The van der Waals surface area contributed by atoms with Gasteiger partial charge in [0.2, 0.25) is 10.0 Å². The van der Waals surface area contributed by atoms with Crippen LogP contribution in [-0.4, -0.2) is 42.9 Å². The fourth-order valence-electron chi connectivity index (χ4n) is 3.52. The molecule has 0 spiro atoms. The normalized spacial score (nSPS) is 12.2. The number of carbonyl (C=O) groups excluding carboxylic acids is 2. The molecule has 3 aromatic carbocycles. The number of hydrogen-bond donors (Lipinski definition) is 4. The molecule has 3 amide bonds. The first-order chi connectivity index (χ1) is 17.8. The molecule has 0 fully saturated rings. The third-order valence-electron chi connectivity index (χ3n) is 5.69. The summed E-state index contributed by atoms with van der Waals surface area (Å²) in [5.41, 5.74) is 2.16. The average molecular weight is 580 g/mol. The number of primary sulfonamides is 1. The molecule has 0 radical (unpaired) electrons. The lowest BCUT2D eigenvalue weighted by molar-refractivity contribution is 0.0950. The topological polar surface area (TPSA) is 142 Å². The van der Waals surface area contributed by atoms with Crippen LogP contribution < -0.4 is 15.8 Å². The van der Waals surface area contributed by atoms with Crippen LogP contribution >= 0.6 is 23.2 Å². The van der Waals surface area contributed by atoms with Crippen LogP contribution in [0, 0.1) is 0 Å². The van der Waals surface area contributed by atoms with Gasteiger partial charge in [0.15, 0.2) is 0 Å². The van der Waals surface area contributed by atoms with E-state index >= 15 is 0 Å². The Morgan fingerprint density at radius 3 is 2.16 bits per heavy atom. The Morgan fingerprint density at radius 1 is 0.974 bits per heavy atom. The summed E-state index contributed by atoms with van der Waals surface area (Å²) in [5.74, 6) is -0.378. The van der Waals surface area contributed by atoms with Crippen LogP contribution in [0.4, 0.5) is 10.5 Å². The predicted octanol–water partition coefficient (Wildman–Crippen LogP) is 4.55. The summed E-state index contributed by atoms with van der Waals surface area (Å²) >= 11 is 12.0. The van der Waals surface area contributed by atoms with Crippen LogP contribution in [0.3, 0.4) is 0 Å². The third-order valence-corrected chi connectivity index (χ3v) is 7.35. The number of carbonyl (C=O) groups is 2. The molecule has 38 heavy (non-hydrogen) atoms. The molecule has 0 unspecified atom stereocenters. The minimum absolute atomic E-state index is 0.0454. The molecule has 0 aliphatic rings. The molecule has 1 atom stereocenters. The smallest absolute Gasteiger partial charge is 0.322 e. The van der Waals surface area contributed by atoms with Gasteiger partial charge in [0.1, 0.15) is 0 Å². The monoisotopic (exact) mass is 578 g/mol. The number of hydrogen-bond acceptors (Lipinski definition) is 5. The highest BCUT2D eigenvalue weighted by atomic mass is 35.5. The highest BCUT2D eigenvalue weighted by Crippen LogP contribution is 2.26. The molecule has 0 bridgehead atoms. The molecular weight excluding hydrogens is 551 g/mol. The van der Waals surface area contributed by atoms with Crippen molar-refractivity contribution in [2.24, 2.45) is 5.14 Å². The zero-order valence-corrected chi connectivity index (χ0v) is 23.0. The Balaban J connectivity index is 1.57. The SMILES string of the molecule is CC(C)N(C[C@@H](O)c1ccc(Cl)c(Cl)c1)C(=O)Nc1ccc(CNC(=O)c2ccc(S(N)(=O)=O)cc2)cc1. The first kappa shape index (κ1) is 29.4. The van der Waals surface area contributed by atoms with Crippen molar-refractivity contribution in [3.8, 4) is 0 Å². The van der Waals surface area contributed by atoms with Gasteiger partial charge < -0.3 is 20.6 Å². The zero-order valence-electron chi connectivity index (χ0n) is 20.7. The van der Waals surface area contributed by atoms with E-state index in [1.54, 1.807) is 42.5 Å². The average Bonchev–Trinajstić information content (AvgIpc) is 2.87. The quantitative estimate of drug-likeness (QED) is 0.294. The molecule has 0 aromatic heterocycles. The van der Waals surface area contributed by atoms with Gasteiger partial charge in [0, 0.05) is 23.8 Å². The number of aliphatic hydroxyl groups is 1. The number of benzene rings is 3. The molecule has 5 N–H and O–H groups in total. The lowest BCUT2D eigenvalue weighted by Crippen LogP contribution is -2.42. The van der Waals surface area contributed by atoms with Gasteiger partial charge in [0.25, 0.3) is 5.91 Å². The maximum absolute atomic E-state index is 12.9. The third kappa shape index (κ3) is 7.92. The number of nitrogens with zero attached hydrogens (tertiary/aromatic N) is 1. The van der Waals surface area contributed by atoms with E-state index in [-0.39, 0.29) is 41.5 Å². The van der Waals surface area contributed by atoms with Crippen molar-refractivity contribution in [3.63, 3.8) is 0 Å². The second kappa shape index (κ2) is 12.6. The molecule has 0 aliphatic heterocycles. The number of nitrogens with two attached hydrogens (primary N) is 1. The van der Waals surface area contributed by atoms with Crippen LogP contribution in [0.5, 0.6) is 0 Å².